The molecule has 0 saturated heterocycles. The molecule has 1 spiro atoms. The fraction of sp³-hybridized carbons (Fsp3) is 0.375. The van der Waals surface area contributed by atoms with Crippen molar-refractivity contribution in [1.29, 1.82) is 0 Å². The van der Waals surface area contributed by atoms with E-state index in [-0.39, 0.29) is 27.4 Å². The van der Waals surface area contributed by atoms with Crippen molar-refractivity contribution in [2.24, 2.45) is 0 Å². The lowest BCUT2D eigenvalue weighted by Crippen LogP contribution is -2.27. The largest absolute Gasteiger partial charge is 0.433 e. The van der Waals surface area contributed by atoms with Crippen molar-refractivity contribution in [3.63, 3.8) is 0 Å². The zero-order valence-electron chi connectivity index (χ0n) is 19.5. The number of alkyl halides is 3. The van der Waals surface area contributed by atoms with Gasteiger partial charge >= 0.3 is 6.18 Å². The summed E-state index contributed by atoms with van der Waals surface area (Å²) >= 11 is 6.87. The number of carbonyl (C=O) groups is 1. The highest BCUT2D eigenvalue weighted by Gasteiger charge is 2.49. The molecule has 3 N–H and O–H groups in total. The molecule has 1 aliphatic carbocycles. The van der Waals surface area contributed by atoms with Gasteiger partial charge in [0.05, 0.1) is 16.6 Å². The van der Waals surface area contributed by atoms with Gasteiger partial charge in [0.25, 0.3) is 5.91 Å². The smallest absolute Gasteiger partial charge is 0.398 e. The number of rotatable bonds is 3. The van der Waals surface area contributed by atoms with E-state index in [0.29, 0.717) is 37.2 Å². The van der Waals surface area contributed by atoms with Crippen LogP contribution in [0.3, 0.4) is 0 Å². The minimum atomic E-state index is -4.52. The van der Waals surface area contributed by atoms with Crippen molar-refractivity contribution in [2.45, 2.75) is 36.9 Å². The number of pyridine rings is 1. The lowest BCUT2D eigenvalue weighted by atomic mass is 9.80. The van der Waals surface area contributed by atoms with Crippen molar-refractivity contribution < 1.29 is 22.4 Å². The van der Waals surface area contributed by atoms with E-state index in [1.165, 1.54) is 37.3 Å². The molecule has 3 heterocycles. The van der Waals surface area contributed by atoms with Crippen LogP contribution in [-0.2, 0) is 11.6 Å². The van der Waals surface area contributed by atoms with E-state index in [2.05, 4.69) is 15.4 Å². The fourth-order valence-electron chi connectivity index (χ4n) is 5.40. The Morgan fingerprint density at radius 1 is 1.28 bits per heavy atom. The second-order valence-electron chi connectivity index (χ2n) is 9.49. The molecule has 3 aromatic rings. The summed E-state index contributed by atoms with van der Waals surface area (Å²) in [6.07, 6.45) is -0.570. The Balaban J connectivity index is 1.57. The Hall–Kier alpha value is -3.34. The third-order valence-electron chi connectivity index (χ3n) is 7.11. The summed E-state index contributed by atoms with van der Waals surface area (Å²) in [4.78, 5) is 18.2. The first-order chi connectivity index (χ1) is 16.9. The molecule has 1 aromatic carbocycles. The Kier molecular flexibility index (Phi) is 5.66. The number of nitrogens with two attached hydrogens (primary N) is 1. The predicted molar refractivity (Wildman–Crippen MR) is 127 cm³/mol. The molecule has 1 fully saturated rings. The van der Waals surface area contributed by atoms with Gasteiger partial charge in [-0.15, -0.1) is 0 Å². The highest BCUT2D eigenvalue weighted by Crippen LogP contribution is 2.55. The van der Waals surface area contributed by atoms with Gasteiger partial charge in [0.15, 0.2) is 0 Å². The number of aromatic nitrogens is 3. The van der Waals surface area contributed by atoms with Gasteiger partial charge in [0.1, 0.15) is 17.3 Å². The number of carbonyl (C=O) groups excluding carboxylic acids is 1. The molecule has 2 aliphatic rings. The van der Waals surface area contributed by atoms with Gasteiger partial charge in [0.2, 0.25) is 0 Å². The minimum absolute atomic E-state index is 0.00310. The van der Waals surface area contributed by atoms with E-state index in [1.807, 2.05) is 0 Å². The lowest BCUT2D eigenvalue weighted by Gasteiger charge is -2.26. The van der Waals surface area contributed by atoms with Crippen molar-refractivity contribution >= 4 is 29.0 Å². The van der Waals surface area contributed by atoms with Crippen molar-refractivity contribution in [2.75, 3.05) is 31.7 Å². The predicted octanol–water partition coefficient (Wildman–Crippen LogP) is 5.13. The number of anilines is 2. The SMILES string of the molecule is CN(C)C(=O)c1c(N)ccc(-c2cnc3c(c2Cl)[C@]2(CC[C@@H](n4nccc4C(F)(F)F)C2)CN3)c1F. The molecule has 0 bridgehead atoms. The van der Waals surface area contributed by atoms with Crippen LogP contribution in [0.4, 0.5) is 29.1 Å². The number of nitrogens with one attached hydrogen (secondary N) is 1. The Bertz CT molecular complexity index is 1370. The molecule has 1 aliphatic heterocycles. The topological polar surface area (TPSA) is 89.1 Å². The molecule has 0 radical (unpaired) electrons. The van der Waals surface area contributed by atoms with Crippen molar-refractivity contribution in [1.82, 2.24) is 19.7 Å². The number of fused-ring (bicyclic) bond motifs is 2. The highest BCUT2D eigenvalue weighted by molar-refractivity contribution is 6.34. The van der Waals surface area contributed by atoms with Crippen LogP contribution in [-0.4, -0.2) is 46.2 Å². The van der Waals surface area contributed by atoms with Crippen LogP contribution >= 0.6 is 11.6 Å². The molecule has 0 unspecified atom stereocenters. The molecule has 12 heteroatoms. The summed E-state index contributed by atoms with van der Waals surface area (Å²) in [7, 11) is 2.99. The number of halogens is 5. The van der Waals surface area contributed by atoms with Gasteiger partial charge < -0.3 is 16.0 Å². The normalized spacial score (nSPS) is 21.0. The van der Waals surface area contributed by atoms with Gasteiger partial charge in [-0.25, -0.2) is 9.37 Å². The zero-order valence-corrected chi connectivity index (χ0v) is 20.2. The monoisotopic (exact) mass is 522 g/mol. The molecule has 5 rings (SSSR count). The summed E-state index contributed by atoms with van der Waals surface area (Å²) in [6, 6.07) is 3.36. The Morgan fingerprint density at radius 3 is 2.72 bits per heavy atom. The van der Waals surface area contributed by atoms with Crippen molar-refractivity contribution in [3.05, 3.63) is 58.3 Å². The minimum Gasteiger partial charge on any atom is -0.398 e. The zero-order chi connectivity index (χ0) is 26.0. The number of hydrogen-bond acceptors (Lipinski definition) is 5. The molecule has 190 valence electrons. The quantitative estimate of drug-likeness (QED) is 0.368. The maximum absolute atomic E-state index is 15.6. The molecule has 7 nitrogen and oxygen atoms in total. The van der Waals surface area contributed by atoms with E-state index < -0.39 is 35.1 Å². The van der Waals surface area contributed by atoms with Crippen LogP contribution < -0.4 is 11.1 Å². The molecule has 1 saturated carbocycles. The Labute approximate surface area is 209 Å². The van der Waals surface area contributed by atoms with E-state index in [9.17, 15) is 18.0 Å². The fourth-order valence-corrected chi connectivity index (χ4v) is 5.84. The molecular formula is C24H23ClF4N6O. The third-order valence-corrected chi connectivity index (χ3v) is 7.51. The molecule has 2 atom stereocenters. The average molecular weight is 523 g/mol. The van der Waals surface area contributed by atoms with E-state index in [4.69, 9.17) is 17.3 Å². The number of hydrogen-bond donors (Lipinski definition) is 2. The van der Waals surface area contributed by atoms with Gasteiger partial charge in [-0.05, 0) is 37.5 Å². The van der Waals surface area contributed by atoms with Gasteiger partial charge in [-0.2, -0.15) is 18.3 Å². The molecule has 2 aromatic heterocycles. The summed E-state index contributed by atoms with van der Waals surface area (Å²) in [5, 5.41) is 7.41. The maximum atomic E-state index is 15.6. The van der Waals surface area contributed by atoms with E-state index in [0.717, 1.165) is 16.9 Å². The summed E-state index contributed by atoms with van der Waals surface area (Å²) < 4.78 is 57.1. The first-order valence-corrected chi connectivity index (χ1v) is 11.7. The average Bonchev–Trinajstić information content (AvgIpc) is 3.54. The second kappa shape index (κ2) is 8.36. The number of amides is 1. The molecular weight excluding hydrogens is 500 g/mol. The van der Waals surface area contributed by atoms with Gasteiger partial charge in [-0.3, -0.25) is 9.48 Å². The third kappa shape index (κ3) is 3.68. The van der Waals surface area contributed by atoms with Gasteiger partial charge in [-0.1, -0.05) is 11.6 Å². The van der Waals surface area contributed by atoms with Crippen LogP contribution in [0.25, 0.3) is 11.1 Å². The second-order valence-corrected chi connectivity index (χ2v) is 9.87. The molecule has 36 heavy (non-hydrogen) atoms. The van der Waals surface area contributed by atoms with Crippen LogP contribution in [0.15, 0.2) is 30.6 Å². The highest BCUT2D eigenvalue weighted by atomic mass is 35.5. The standard InChI is InChI=1S/C24H23ClF4N6O/c1-34(2)22(36)17-15(30)4-3-13(20(17)26)14-10-31-21-18(19(14)25)23(11-32-21)7-5-12(9-23)35-16(6-8-33-35)24(27,28)29/h3-4,6,8,10,12H,5,7,9,11,30H2,1-2H3,(H,31,32)/t12-,23+/m1/s1. The molecule has 1 amide bonds. The van der Waals surface area contributed by atoms with Gasteiger partial charge in [0, 0.05) is 60.8 Å². The number of benzene rings is 1. The summed E-state index contributed by atoms with van der Waals surface area (Å²) in [5.74, 6) is -0.886. The van der Waals surface area contributed by atoms with Crippen LogP contribution in [0.1, 0.15) is 46.9 Å². The number of nitrogen functional groups attached to an aromatic ring is 1. The summed E-state index contributed by atoms with van der Waals surface area (Å²) in [5.41, 5.74) is 5.23. The first-order valence-electron chi connectivity index (χ1n) is 11.3. The lowest BCUT2D eigenvalue weighted by molar-refractivity contribution is -0.145. The van der Waals surface area contributed by atoms with Crippen LogP contribution in [0, 0.1) is 5.82 Å². The van der Waals surface area contributed by atoms with Crippen LogP contribution in [0.2, 0.25) is 5.02 Å². The van der Waals surface area contributed by atoms with Crippen LogP contribution in [0.5, 0.6) is 0 Å². The summed E-state index contributed by atoms with van der Waals surface area (Å²) in [6.45, 7) is 0.437. The maximum Gasteiger partial charge on any atom is 0.433 e. The van der Waals surface area contributed by atoms with Crippen molar-refractivity contribution in [3.8, 4) is 11.1 Å². The Morgan fingerprint density at radius 2 is 2.03 bits per heavy atom. The van der Waals surface area contributed by atoms with E-state index >= 15 is 4.39 Å². The first kappa shape index (κ1) is 24.4. The van der Waals surface area contributed by atoms with E-state index in [1.54, 1.807) is 0 Å². The number of nitrogens with zero attached hydrogens (tertiary/aromatic N) is 4.